The van der Waals surface area contributed by atoms with Crippen LogP contribution in [0.5, 0.6) is 5.75 Å². The summed E-state index contributed by atoms with van der Waals surface area (Å²) in [5.74, 6) is 0.750. The Morgan fingerprint density at radius 2 is 2.05 bits per heavy atom. The zero-order valence-corrected chi connectivity index (χ0v) is 12.1. The summed E-state index contributed by atoms with van der Waals surface area (Å²) in [6.07, 6.45) is 0.570. The van der Waals surface area contributed by atoms with E-state index >= 15 is 0 Å². The van der Waals surface area contributed by atoms with E-state index in [1.807, 2.05) is 14.1 Å². The molecule has 6 nitrogen and oxygen atoms in total. The molecule has 1 aliphatic rings. The van der Waals surface area contributed by atoms with Crippen LogP contribution in [0.4, 0.5) is 10.5 Å². The topological polar surface area (TPSA) is 54.0 Å². The maximum absolute atomic E-state index is 11.7. The van der Waals surface area contributed by atoms with E-state index in [1.165, 1.54) is 0 Å². The number of nitrogens with zero attached hydrogens (tertiary/aromatic N) is 2. The number of hydrogen-bond acceptors (Lipinski definition) is 5. The number of carbonyl (C=O) groups is 1. The fourth-order valence-electron chi connectivity index (χ4n) is 2.15. The molecule has 0 aliphatic carbocycles. The van der Waals surface area contributed by atoms with E-state index in [-0.39, 0.29) is 6.04 Å². The molecule has 1 aromatic carbocycles. The van der Waals surface area contributed by atoms with Crippen molar-refractivity contribution in [2.24, 2.45) is 0 Å². The number of hydrazine groups is 1. The van der Waals surface area contributed by atoms with Crippen LogP contribution in [0.25, 0.3) is 0 Å². The molecule has 0 saturated carbocycles. The molecule has 1 aromatic rings. The molecule has 1 N–H and O–H groups in total. The van der Waals surface area contributed by atoms with Gasteiger partial charge in [-0.25, -0.2) is 14.8 Å². The van der Waals surface area contributed by atoms with Gasteiger partial charge in [-0.2, -0.15) is 0 Å². The fraction of sp³-hybridized carbons (Fsp3) is 0.500. The highest BCUT2D eigenvalue weighted by molar-refractivity contribution is 5.84. The summed E-state index contributed by atoms with van der Waals surface area (Å²) in [6.45, 7) is 1.38. The fourth-order valence-corrected chi connectivity index (χ4v) is 2.15. The number of anilines is 1. The van der Waals surface area contributed by atoms with Gasteiger partial charge >= 0.3 is 6.09 Å². The largest absolute Gasteiger partial charge is 0.497 e. The van der Waals surface area contributed by atoms with E-state index in [1.54, 1.807) is 31.4 Å². The van der Waals surface area contributed by atoms with Crippen LogP contribution in [0.3, 0.4) is 0 Å². The second-order valence-electron chi connectivity index (χ2n) is 4.85. The van der Waals surface area contributed by atoms with Crippen molar-refractivity contribution in [3.8, 4) is 5.75 Å². The maximum atomic E-state index is 11.7. The van der Waals surface area contributed by atoms with Gasteiger partial charge in [0.15, 0.2) is 0 Å². The van der Waals surface area contributed by atoms with Gasteiger partial charge in [0.25, 0.3) is 0 Å². The Bertz CT molecular complexity index is 449. The molecule has 1 fully saturated rings. The smallest absolute Gasteiger partial charge is 0.411 e. The zero-order chi connectivity index (χ0) is 14.5. The first kappa shape index (κ1) is 14.6. The van der Waals surface area contributed by atoms with Gasteiger partial charge < -0.3 is 9.47 Å². The van der Waals surface area contributed by atoms with E-state index in [9.17, 15) is 4.79 Å². The highest BCUT2D eigenvalue weighted by atomic mass is 16.5. The van der Waals surface area contributed by atoms with E-state index in [4.69, 9.17) is 9.47 Å². The second kappa shape index (κ2) is 6.58. The summed E-state index contributed by atoms with van der Waals surface area (Å²) in [5, 5.41) is 6.91. The minimum atomic E-state index is -0.432. The van der Waals surface area contributed by atoms with Gasteiger partial charge in [0, 0.05) is 26.3 Å². The van der Waals surface area contributed by atoms with Crippen LogP contribution in [0.15, 0.2) is 24.3 Å². The van der Waals surface area contributed by atoms with Crippen LogP contribution in [0.1, 0.15) is 6.42 Å². The SMILES string of the molecule is COc1ccc(NC(=O)OCC2CCN(C)N2C)cc1. The average Bonchev–Trinajstić information content (AvgIpc) is 2.77. The molecule has 0 bridgehead atoms. The Morgan fingerprint density at radius 3 is 2.60 bits per heavy atom. The van der Waals surface area contributed by atoms with Crippen molar-refractivity contribution < 1.29 is 14.3 Å². The summed E-state index contributed by atoms with van der Waals surface area (Å²) in [7, 11) is 5.63. The summed E-state index contributed by atoms with van der Waals surface area (Å²) >= 11 is 0. The van der Waals surface area contributed by atoms with E-state index < -0.39 is 6.09 Å². The third kappa shape index (κ3) is 3.61. The molecule has 0 radical (unpaired) electrons. The molecule has 0 spiro atoms. The zero-order valence-electron chi connectivity index (χ0n) is 12.1. The highest BCUT2D eigenvalue weighted by Gasteiger charge is 2.26. The van der Waals surface area contributed by atoms with Crippen molar-refractivity contribution in [2.45, 2.75) is 12.5 Å². The Hall–Kier alpha value is -1.79. The number of rotatable bonds is 4. The van der Waals surface area contributed by atoms with Crippen molar-refractivity contribution in [1.29, 1.82) is 0 Å². The van der Waals surface area contributed by atoms with Crippen molar-refractivity contribution in [1.82, 2.24) is 10.0 Å². The molecular formula is C14H21N3O3. The van der Waals surface area contributed by atoms with Crippen molar-refractivity contribution in [3.63, 3.8) is 0 Å². The van der Waals surface area contributed by atoms with E-state index in [0.717, 1.165) is 18.7 Å². The molecule has 1 atom stereocenters. The lowest BCUT2D eigenvalue weighted by Gasteiger charge is -2.24. The van der Waals surface area contributed by atoms with E-state index in [2.05, 4.69) is 15.3 Å². The van der Waals surface area contributed by atoms with Crippen LogP contribution in [-0.2, 0) is 4.74 Å². The number of methoxy groups -OCH3 is 1. The quantitative estimate of drug-likeness (QED) is 0.910. The summed E-state index contributed by atoms with van der Waals surface area (Å²) in [6, 6.07) is 7.37. The number of nitrogens with one attached hydrogen (secondary N) is 1. The summed E-state index contributed by atoms with van der Waals surface area (Å²) < 4.78 is 10.3. The molecule has 20 heavy (non-hydrogen) atoms. The monoisotopic (exact) mass is 279 g/mol. The minimum Gasteiger partial charge on any atom is -0.497 e. The average molecular weight is 279 g/mol. The maximum Gasteiger partial charge on any atom is 0.411 e. The van der Waals surface area contributed by atoms with Crippen LogP contribution < -0.4 is 10.1 Å². The van der Waals surface area contributed by atoms with Gasteiger partial charge in [-0.3, -0.25) is 5.32 Å². The summed E-state index contributed by atoms with van der Waals surface area (Å²) in [4.78, 5) is 11.7. The number of ether oxygens (including phenoxy) is 2. The molecule has 6 heteroatoms. The predicted octanol–water partition coefficient (Wildman–Crippen LogP) is 1.79. The lowest BCUT2D eigenvalue weighted by atomic mass is 10.2. The van der Waals surface area contributed by atoms with Crippen molar-refractivity contribution in [2.75, 3.05) is 39.7 Å². The second-order valence-corrected chi connectivity index (χ2v) is 4.85. The van der Waals surface area contributed by atoms with Crippen LogP contribution >= 0.6 is 0 Å². The standard InChI is InChI=1S/C14H21N3O3/c1-16-9-8-12(17(16)2)10-20-14(18)15-11-4-6-13(19-3)7-5-11/h4-7,12H,8-10H2,1-3H3,(H,15,18). The number of likely N-dealkylation sites (N-methyl/N-ethyl adjacent to an activating group) is 1. The van der Waals surface area contributed by atoms with Crippen LogP contribution in [0, 0.1) is 0 Å². The molecule has 1 heterocycles. The van der Waals surface area contributed by atoms with Gasteiger partial charge in [0.05, 0.1) is 13.2 Å². The molecule has 2 rings (SSSR count). The van der Waals surface area contributed by atoms with Gasteiger partial charge in [0.2, 0.25) is 0 Å². The normalized spacial score (nSPS) is 19.9. The number of amides is 1. The van der Waals surface area contributed by atoms with Gasteiger partial charge in [-0.15, -0.1) is 0 Å². The lowest BCUT2D eigenvalue weighted by Crippen LogP contribution is -2.38. The third-order valence-corrected chi connectivity index (χ3v) is 3.60. The minimum absolute atomic E-state index is 0.251. The third-order valence-electron chi connectivity index (χ3n) is 3.60. The first-order valence-corrected chi connectivity index (χ1v) is 6.62. The molecule has 110 valence electrons. The van der Waals surface area contributed by atoms with Gasteiger partial charge in [0.1, 0.15) is 12.4 Å². The summed E-state index contributed by atoms with van der Waals surface area (Å²) in [5.41, 5.74) is 0.688. The highest BCUT2D eigenvalue weighted by Crippen LogP contribution is 2.16. The first-order chi connectivity index (χ1) is 9.60. The molecule has 0 aromatic heterocycles. The number of benzene rings is 1. The van der Waals surface area contributed by atoms with Crippen molar-refractivity contribution >= 4 is 11.8 Å². The number of carbonyl (C=O) groups excluding carboxylic acids is 1. The predicted molar refractivity (Wildman–Crippen MR) is 76.8 cm³/mol. The molecule has 1 unspecified atom stereocenters. The Balaban J connectivity index is 1.77. The first-order valence-electron chi connectivity index (χ1n) is 6.62. The number of hydrogen-bond donors (Lipinski definition) is 1. The Kier molecular flexibility index (Phi) is 4.81. The van der Waals surface area contributed by atoms with Gasteiger partial charge in [-0.05, 0) is 30.7 Å². The molecule has 1 aliphatic heterocycles. The Labute approximate surface area is 119 Å². The Morgan fingerprint density at radius 1 is 1.35 bits per heavy atom. The van der Waals surface area contributed by atoms with Gasteiger partial charge in [-0.1, -0.05) is 0 Å². The van der Waals surface area contributed by atoms with Crippen LogP contribution in [0.2, 0.25) is 0 Å². The molecular weight excluding hydrogens is 258 g/mol. The van der Waals surface area contributed by atoms with Crippen LogP contribution in [-0.4, -0.2) is 56.5 Å². The van der Waals surface area contributed by atoms with Crippen molar-refractivity contribution in [3.05, 3.63) is 24.3 Å². The lowest BCUT2D eigenvalue weighted by molar-refractivity contribution is 0.0266. The molecule has 1 saturated heterocycles. The molecule has 1 amide bonds. The van der Waals surface area contributed by atoms with E-state index in [0.29, 0.717) is 12.3 Å².